The van der Waals surface area contributed by atoms with Gasteiger partial charge in [0.1, 0.15) is 0 Å². The molecule has 2 rings (SSSR count). The number of pyridine rings is 1. The van der Waals surface area contributed by atoms with E-state index in [-0.39, 0.29) is 16.9 Å². The molecule has 1 aromatic heterocycles. The van der Waals surface area contributed by atoms with E-state index >= 15 is 0 Å². The van der Waals surface area contributed by atoms with E-state index in [2.05, 4.69) is 17.2 Å². The Morgan fingerprint density at radius 3 is 2.78 bits per heavy atom. The minimum absolute atomic E-state index is 0.0151. The lowest BCUT2D eigenvalue weighted by Gasteiger charge is -2.38. The van der Waals surface area contributed by atoms with Crippen LogP contribution in [0, 0.1) is 15.5 Å². The molecule has 1 N–H and O–H groups in total. The second-order valence-electron chi connectivity index (χ2n) is 5.00. The number of ether oxygens (including phenoxy) is 1. The summed E-state index contributed by atoms with van der Waals surface area (Å²) in [5.74, 6) is 0.661. The van der Waals surface area contributed by atoms with Crippen molar-refractivity contribution in [3.8, 4) is 5.88 Å². The zero-order valence-corrected chi connectivity index (χ0v) is 10.6. The Labute approximate surface area is 106 Å². The van der Waals surface area contributed by atoms with Crippen LogP contribution < -0.4 is 10.1 Å². The number of hydrogen-bond donors (Lipinski definition) is 1. The second-order valence-corrected chi connectivity index (χ2v) is 5.00. The van der Waals surface area contributed by atoms with Gasteiger partial charge in [-0.25, -0.2) is 0 Å². The number of aromatic nitrogens is 1. The zero-order chi connectivity index (χ0) is 13.2. The van der Waals surface area contributed by atoms with E-state index in [1.54, 1.807) is 0 Å². The Hall–Kier alpha value is -1.85. The molecule has 0 spiro atoms. The molecule has 0 unspecified atom stereocenters. The average Bonchev–Trinajstić information content (AvgIpc) is 2.33. The van der Waals surface area contributed by atoms with Crippen LogP contribution in [0.3, 0.4) is 0 Å². The summed E-state index contributed by atoms with van der Waals surface area (Å²) in [6.45, 7) is 2.88. The van der Waals surface area contributed by atoms with Gasteiger partial charge in [0.25, 0.3) is 0 Å². The van der Waals surface area contributed by atoms with Gasteiger partial charge in [-0.3, -0.25) is 10.1 Å². The van der Waals surface area contributed by atoms with Gasteiger partial charge in [-0.05, 0) is 18.3 Å². The summed E-state index contributed by atoms with van der Waals surface area (Å²) in [7, 11) is 1.49. The molecule has 18 heavy (non-hydrogen) atoms. The van der Waals surface area contributed by atoms with Gasteiger partial charge in [0.15, 0.2) is 0 Å². The summed E-state index contributed by atoms with van der Waals surface area (Å²) in [4.78, 5) is 14.6. The highest BCUT2D eigenvalue weighted by Gasteiger charge is 2.32. The van der Waals surface area contributed by atoms with Gasteiger partial charge >= 0.3 is 5.69 Å². The minimum atomic E-state index is -0.433. The fourth-order valence-corrected chi connectivity index (χ4v) is 2.08. The molecule has 0 amide bonds. The summed E-state index contributed by atoms with van der Waals surface area (Å²) < 4.78 is 4.99. The fraction of sp³-hybridized carbons (Fsp3) is 0.583. The van der Waals surface area contributed by atoms with Crippen LogP contribution in [-0.4, -0.2) is 23.6 Å². The fourth-order valence-electron chi connectivity index (χ4n) is 2.08. The lowest BCUT2D eigenvalue weighted by atomic mass is 9.70. The zero-order valence-electron chi connectivity index (χ0n) is 10.6. The highest BCUT2D eigenvalue weighted by molar-refractivity contribution is 5.57. The summed E-state index contributed by atoms with van der Waals surface area (Å²) in [6, 6.07) is 2.91. The first-order valence-corrected chi connectivity index (χ1v) is 5.97. The predicted molar refractivity (Wildman–Crippen MR) is 67.9 cm³/mol. The lowest BCUT2D eigenvalue weighted by Crippen LogP contribution is -2.33. The Kier molecular flexibility index (Phi) is 3.36. The highest BCUT2D eigenvalue weighted by atomic mass is 16.6. The molecule has 0 radical (unpaired) electrons. The molecule has 98 valence electrons. The number of nitrogens with zero attached hydrogens (tertiary/aromatic N) is 2. The summed E-state index contributed by atoms with van der Waals surface area (Å²) in [6.07, 6.45) is 3.53. The molecule has 1 aromatic rings. The standard InChI is InChI=1S/C12H17N3O3/c1-12(6-3-7-12)8-13-11-9(15(16)17)4-5-10(14-11)18-2/h4-5H,3,6-8H2,1-2H3,(H,13,14). The Balaban J connectivity index is 2.15. The maximum Gasteiger partial charge on any atom is 0.311 e. The molecule has 1 fully saturated rings. The highest BCUT2D eigenvalue weighted by Crippen LogP contribution is 2.40. The molecule has 1 aliphatic rings. The van der Waals surface area contributed by atoms with Crippen molar-refractivity contribution in [2.24, 2.45) is 5.41 Å². The SMILES string of the molecule is COc1ccc([N+](=O)[O-])c(NCC2(C)CCC2)n1. The third-order valence-electron chi connectivity index (χ3n) is 3.50. The lowest BCUT2D eigenvalue weighted by molar-refractivity contribution is -0.384. The first-order valence-electron chi connectivity index (χ1n) is 5.97. The van der Waals surface area contributed by atoms with E-state index in [0.717, 1.165) is 12.8 Å². The van der Waals surface area contributed by atoms with Gasteiger partial charge < -0.3 is 10.1 Å². The van der Waals surface area contributed by atoms with Crippen LogP contribution >= 0.6 is 0 Å². The Bertz CT molecular complexity index is 458. The van der Waals surface area contributed by atoms with Crippen molar-refractivity contribution in [2.45, 2.75) is 26.2 Å². The molecule has 0 aromatic carbocycles. The van der Waals surface area contributed by atoms with Crippen molar-refractivity contribution in [2.75, 3.05) is 19.0 Å². The third kappa shape index (κ3) is 2.52. The number of nitro groups is 1. The quantitative estimate of drug-likeness (QED) is 0.643. The smallest absolute Gasteiger partial charge is 0.311 e. The second kappa shape index (κ2) is 4.80. The van der Waals surface area contributed by atoms with Crippen molar-refractivity contribution in [3.63, 3.8) is 0 Å². The monoisotopic (exact) mass is 251 g/mol. The van der Waals surface area contributed by atoms with Crippen LogP contribution in [0.2, 0.25) is 0 Å². The van der Waals surface area contributed by atoms with E-state index in [1.165, 1.54) is 25.7 Å². The van der Waals surface area contributed by atoms with Gasteiger partial charge in [-0.2, -0.15) is 4.98 Å². The van der Waals surface area contributed by atoms with Crippen molar-refractivity contribution >= 4 is 11.5 Å². The van der Waals surface area contributed by atoms with E-state index in [0.29, 0.717) is 12.4 Å². The molecule has 6 nitrogen and oxygen atoms in total. The first-order chi connectivity index (χ1) is 8.54. The van der Waals surface area contributed by atoms with Crippen LogP contribution in [-0.2, 0) is 0 Å². The Morgan fingerprint density at radius 1 is 1.56 bits per heavy atom. The Morgan fingerprint density at radius 2 is 2.28 bits per heavy atom. The molecular weight excluding hydrogens is 234 g/mol. The number of hydrogen-bond acceptors (Lipinski definition) is 5. The number of anilines is 1. The topological polar surface area (TPSA) is 77.3 Å². The van der Waals surface area contributed by atoms with E-state index in [1.807, 2.05) is 0 Å². The molecule has 1 saturated carbocycles. The largest absolute Gasteiger partial charge is 0.481 e. The van der Waals surface area contributed by atoms with Crippen molar-refractivity contribution < 1.29 is 9.66 Å². The maximum atomic E-state index is 10.9. The molecule has 0 bridgehead atoms. The van der Waals surface area contributed by atoms with E-state index in [9.17, 15) is 10.1 Å². The van der Waals surface area contributed by atoms with Crippen molar-refractivity contribution in [1.29, 1.82) is 0 Å². The molecule has 0 atom stereocenters. The maximum absolute atomic E-state index is 10.9. The number of methoxy groups -OCH3 is 1. The molecular formula is C12H17N3O3. The summed E-state index contributed by atoms with van der Waals surface area (Å²) in [5, 5.41) is 14.0. The van der Waals surface area contributed by atoms with Crippen LogP contribution in [0.1, 0.15) is 26.2 Å². The molecule has 1 heterocycles. The van der Waals surface area contributed by atoms with E-state index in [4.69, 9.17) is 4.74 Å². The average molecular weight is 251 g/mol. The van der Waals surface area contributed by atoms with Gasteiger partial charge in [0, 0.05) is 18.7 Å². The van der Waals surface area contributed by atoms with Gasteiger partial charge in [0.05, 0.1) is 12.0 Å². The number of rotatable bonds is 5. The van der Waals surface area contributed by atoms with Gasteiger partial charge in [0.2, 0.25) is 11.7 Å². The van der Waals surface area contributed by atoms with E-state index < -0.39 is 4.92 Å². The first kappa shape index (κ1) is 12.6. The normalized spacial score (nSPS) is 16.8. The molecule has 6 heteroatoms. The van der Waals surface area contributed by atoms with Gasteiger partial charge in [-0.1, -0.05) is 13.3 Å². The molecule has 1 aliphatic carbocycles. The van der Waals surface area contributed by atoms with Crippen LogP contribution in [0.5, 0.6) is 5.88 Å². The van der Waals surface area contributed by atoms with Crippen molar-refractivity contribution in [3.05, 3.63) is 22.2 Å². The minimum Gasteiger partial charge on any atom is -0.481 e. The van der Waals surface area contributed by atoms with Gasteiger partial charge in [-0.15, -0.1) is 0 Å². The third-order valence-corrected chi connectivity index (χ3v) is 3.50. The molecule has 0 saturated heterocycles. The van der Waals surface area contributed by atoms with Crippen molar-refractivity contribution in [1.82, 2.24) is 4.98 Å². The van der Waals surface area contributed by atoms with Crippen LogP contribution in [0.15, 0.2) is 12.1 Å². The van der Waals surface area contributed by atoms with Crippen LogP contribution in [0.4, 0.5) is 11.5 Å². The summed E-state index contributed by atoms with van der Waals surface area (Å²) in [5.41, 5.74) is 0.220. The molecule has 0 aliphatic heterocycles. The number of nitrogens with one attached hydrogen (secondary N) is 1. The van der Waals surface area contributed by atoms with Crippen LogP contribution in [0.25, 0.3) is 0 Å². The summed E-state index contributed by atoms with van der Waals surface area (Å²) >= 11 is 0. The predicted octanol–water partition coefficient (Wildman–Crippen LogP) is 2.60.